The molecule has 1 N–H and O–H groups in total. The molecule has 0 aliphatic heterocycles. The molecule has 0 heterocycles. The van der Waals surface area contributed by atoms with Gasteiger partial charge < -0.3 is 10.2 Å². The fraction of sp³-hybridized carbons (Fsp3) is 0.481. The first-order valence-electron chi connectivity index (χ1n) is 12.2. The molecule has 2 amide bonds. The Morgan fingerprint density at radius 3 is 2.26 bits per heavy atom. The van der Waals surface area contributed by atoms with Crippen LogP contribution in [0, 0.1) is 6.92 Å². The Kier molecular flexibility index (Phi) is 10.8. The smallest absolute Gasteiger partial charge is 0.242 e. The largest absolute Gasteiger partial charge is 0.352 e. The van der Waals surface area contributed by atoms with Gasteiger partial charge in [-0.25, -0.2) is 8.42 Å². The predicted octanol–water partition coefficient (Wildman–Crippen LogP) is 3.92. The highest BCUT2D eigenvalue weighted by Gasteiger charge is 2.28. The summed E-state index contributed by atoms with van der Waals surface area (Å²) in [4.78, 5) is 27.9. The second-order valence-corrected chi connectivity index (χ2v) is 11.1. The van der Waals surface area contributed by atoms with Gasteiger partial charge in [0.25, 0.3) is 0 Å². The summed E-state index contributed by atoms with van der Waals surface area (Å²) < 4.78 is 26.2. The third-order valence-electron chi connectivity index (χ3n) is 5.74. The van der Waals surface area contributed by atoms with Crippen molar-refractivity contribution in [3.05, 3.63) is 65.7 Å². The monoisotopic (exact) mass is 501 g/mol. The van der Waals surface area contributed by atoms with Crippen LogP contribution in [0.2, 0.25) is 0 Å². The lowest BCUT2D eigenvalue weighted by Gasteiger charge is -2.31. The molecule has 7 nitrogen and oxygen atoms in total. The van der Waals surface area contributed by atoms with E-state index in [2.05, 4.69) is 5.32 Å². The van der Waals surface area contributed by atoms with Crippen molar-refractivity contribution in [2.24, 2.45) is 0 Å². The van der Waals surface area contributed by atoms with Crippen LogP contribution in [0.1, 0.15) is 51.2 Å². The van der Waals surface area contributed by atoms with Crippen LogP contribution >= 0.6 is 0 Å². The van der Waals surface area contributed by atoms with Crippen molar-refractivity contribution < 1.29 is 18.0 Å². The number of nitrogens with zero attached hydrogens (tertiary/aromatic N) is 2. The molecular formula is C27H39N3O4S. The fourth-order valence-corrected chi connectivity index (χ4v) is 5.02. The van der Waals surface area contributed by atoms with E-state index < -0.39 is 16.1 Å². The average Bonchev–Trinajstić information content (AvgIpc) is 2.78. The Morgan fingerprint density at radius 1 is 1.00 bits per heavy atom. The zero-order valence-corrected chi connectivity index (χ0v) is 22.3. The van der Waals surface area contributed by atoms with E-state index in [0.717, 1.165) is 11.1 Å². The normalized spacial score (nSPS) is 12.3. The van der Waals surface area contributed by atoms with Gasteiger partial charge in [0.05, 0.1) is 11.9 Å². The molecule has 0 spiro atoms. The summed E-state index contributed by atoms with van der Waals surface area (Å²) >= 11 is 0. The third-order valence-corrected chi connectivity index (χ3v) is 6.94. The maximum atomic E-state index is 13.4. The standard InChI is InChI=1S/C27H39N3O4S/c1-6-25(27(32)28-21(2)3)29(19-17-23-13-8-7-9-14-23)26(31)16-11-18-30(35(5,33)34)24-15-10-12-22(4)20-24/h7-10,12-15,20-21,25H,6,11,16-19H2,1-5H3,(H,28,32). The van der Waals surface area contributed by atoms with Crippen LogP contribution in [-0.2, 0) is 26.0 Å². The van der Waals surface area contributed by atoms with Crippen LogP contribution in [0.15, 0.2) is 54.6 Å². The van der Waals surface area contributed by atoms with E-state index in [0.29, 0.717) is 31.5 Å². The first kappa shape index (κ1) is 28.4. The minimum Gasteiger partial charge on any atom is -0.352 e. The molecule has 2 aromatic rings. The van der Waals surface area contributed by atoms with Gasteiger partial charge in [-0.05, 0) is 63.3 Å². The summed E-state index contributed by atoms with van der Waals surface area (Å²) in [5, 5.41) is 2.93. The Morgan fingerprint density at radius 2 is 1.69 bits per heavy atom. The second-order valence-electron chi connectivity index (χ2n) is 9.19. The minimum atomic E-state index is -3.50. The van der Waals surface area contributed by atoms with Crippen LogP contribution in [-0.4, -0.2) is 56.6 Å². The van der Waals surface area contributed by atoms with Gasteiger partial charge >= 0.3 is 0 Å². The molecule has 2 rings (SSSR count). The van der Waals surface area contributed by atoms with Gasteiger partial charge in [0.1, 0.15) is 6.04 Å². The summed E-state index contributed by atoms with van der Waals surface area (Å²) in [7, 11) is -3.50. The number of amides is 2. The number of benzene rings is 2. The van der Waals surface area contributed by atoms with Crippen LogP contribution < -0.4 is 9.62 Å². The van der Waals surface area contributed by atoms with E-state index in [1.165, 1.54) is 10.6 Å². The number of aryl methyl sites for hydroxylation is 1. The summed E-state index contributed by atoms with van der Waals surface area (Å²) in [6, 6.07) is 16.6. The van der Waals surface area contributed by atoms with E-state index in [9.17, 15) is 18.0 Å². The molecule has 0 saturated carbocycles. The lowest BCUT2D eigenvalue weighted by Crippen LogP contribution is -2.51. The lowest BCUT2D eigenvalue weighted by atomic mass is 10.1. The molecule has 0 aliphatic rings. The van der Waals surface area contributed by atoms with Crippen molar-refractivity contribution >= 4 is 27.5 Å². The number of nitrogens with one attached hydrogen (secondary N) is 1. The highest BCUT2D eigenvalue weighted by atomic mass is 32.2. The van der Waals surface area contributed by atoms with Crippen molar-refractivity contribution in [1.82, 2.24) is 10.2 Å². The molecule has 0 bridgehead atoms. The molecule has 1 atom stereocenters. The van der Waals surface area contributed by atoms with Gasteiger partial charge in [0, 0.05) is 25.6 Å². The Balaban J connectivity index is 2.15. The molecule has 192 valence electrons. The van der Waals surface area contributed by atoms with Crippen LogP contribution in [0.4, 0.5) is 5.69 Å². The summed E-state index contributed by atoms with van der Waals surface area (Å²) in [6.45, 7) is 8.20. The molecule has 35 heavy (non-hydrogen) atoms. The van der Waals surface area contributed by atoms with Crippen LogP contribution in [0.3, 0.4) is 0 Å². The number of rotatable bonds is 13. The number of carbonyl (C=O) groups excluding carboxylic acids is 2. The molecule has 0 radical (unpaired) electrons. The molecule has 0 aromatic heterocycles. The molecular weight excluding hydrogens is 462 g/mol. The van der Waals surface area contributed by atoms with Crippen molar-refractivity contribution in [2.45, 2.75) is 65.5 Å². The van der Waals surface area contributed by atoms with Crippen LogP contribution in [0.5, 0.6) is 0 Å². The molecule has 8 heteroatoms. The Bertz CT molecular complexity index is 1070. The molecule has 0 fully saturated rings. The van der Waals surface area contributed by atoms with Gasteiger partial charge in [-0.1, -0.05) is 49.4 Å². The zero-order chi connectivity index (χ0) is 26.0. The van der Waals surface area contributed by atoms with Crippen molar-refractivity contribution in [1.29, 1.82) is 0 Å². The highest BCUT2D eigenvalue weighted by molar-refractivity contribution is 7.92. The first-order chi connectivity index (χ1) is 16.5. The van der Waals surface area contributed by atoms with Crippen molar-refractivity contribution in [3.8, 4) is 0 Å². The number of anilines is 1. The predicted molar refractivity (Wildman–Crippen MR) is 142 cm³/mol. The molecule has 0 saturated heterocycles. The fourth-order valence-electron chi connectivity index (χ4n) is 4.06. The van der Waals surface area contributed by atoms with E-state index in [-0.39, 0.29) is 30.8 Å². The number of sulfonamides is 1. The lowest BCUT2D eigenvalue weighted by molar-refractivity contribution is -0.141. The maximum absolute atomic E-state index is 13.4. The van der Waals surface area contributed by atoms with Crippen molar-refractivity contribution in [2.75, 3.05) is 23.7 Å². The average molecular weight is 502 g/mol. The van der Waals surface area contributed by atoms with Gasteiger partial charge in [-0.2, -0.15) is 0 Å². The highest BCUT2D eigenvalue weighted by Crippen LogP contribution is 2.20. The summed E-state index contributed by atoms with van der Waals surface area (Å²) in [5.74, 6) is -0.314. The Labute approximate surface area is 210 Å². The van der Waals surface area contributed by atoms with E-state index in [1.807, 2.05) is 76.2 Å². The molecule has 1 unspecified atom stereocenters. The maximum Gasteiger partial charge on any atom is 0.242 e. The minimum absolute atomic E-state index is 0.0275. The van der Waals surface area contributed by atoms with Gasteiger partial charge in [0.15, 0.2) is 0 Å². The van der Waals surface area contributed by atoms with Crippen LogP contribution in [0.25, 0.3) is 0 Å². The zero-order valence-electron chi connectivity index (χ0n) is 21.5. The van der Waals surface area contributed by atoms with E-state index in [1.54, 1.807) is 11.0 Å². The van der Waals surface area contributed by atoms with E-state index in [4.69, 9.17) is 0 Å². The van der Waals surface area contributed by atoms with Crippen molar-refractivity contribution in [3.63, 3.8) is 0 Å². The van der Waals surface area contributed by atoms with Gasteiger partial charge in [-0.15, -0.1) is 0 Å². The second kappa shape index (κ2) is 13.3. The third kappa shape index (κ3) is 9.02. The van der Waals surface area contributed by atoms with E-state index >= 15 is 0 Å². The number of carbonyl (C=O) groups is 2. The summed E-state index contributed by atoms with van der Waals surface area (Å²) in [6.07, 6.45) is 2.81. The number of hydrogen-bond acceptors (Lipinski definition) is 4. The van der Waals surface area contributed by atoms with Gasteiger partial charge in [-0.3, -0.25) is 13.9 Å². The molecule has 2 aromatic carbocycles. The SMILES string of the molecule is CCC(C(=O)NC(C)C)N(CCc1ccccc1)C(=O)CCCN(c1cccc(C)c1)S(C)(=O)=O. The Hall–Kier alpha value is -2.87. The van der Waals surface area contributed by atoms with Gasteiger partial charge in [0.2, 0.25) is 21.8 Å². The summed E-state index contributed by atoms with van der Waals surface area (Å²) in [5.41, 5.74) is 2.64. The molecule has 0 aliphatic carbocycles. The quantitative estimate of drug-likeness (QED) is 0.451. The first-order valence-corrected chi connectivity index (χ1v) is 14.1. The topological polar surface area (TPSA) is 86.8 Å². The number of hydrogen-bond donors (Lipinski definition) is 1.